The molecule has 4 heterocycles. The molecule has 0 unspecified atom stereocenters. The van der Waals surface area contributed by atoms with Crippen LogP contribution < -0.4 is 5.43 Å². The molecule has 1 aliphatic rings. The molecule has 178 valence electrons. The first-order chi connectivity index (χ1) is 17.6. The number of nitrogens with one attached hydrogen (secondary N) is 1. The molecule has 9 heteroatoms. The molecule has 0 saturated heterocycles. The molecule has 1 amide bonds. The highest BCUT2D eigenvalue weighted by Gasteiger charge is 2.36. The van der Waals surface area contributed by atoms with Gasteiger partial charge in [-0.3, -0.25) is 9.59 Å². The molecule has 0 aliphatic carbocycles. The number of para-hydroxylation sites is 2. The van der Waals surface area contributed by atoms with Crippen molar-refractivity contribution in [1.82, 2.24) is 9.99 Å². The second-order valence-corrected chi connectivity index (χ2v) is 8.34. The van der Waals surface area contributed by atoms with E-state index in [9.17, 15) is 14.4 Å². The van der Waals surface area contributed by atoms with Gasteiger partial charge in [0.15, 0.2) is 17.8 Å². The number of rotatable bonds is 5. The van der Waals surface area contributed by atoms with Gasteiger partial charge in [0, 0.05) is 28.8 Å². The molecule has 36 heavy (non-hydrogen) atoms. The van der Waals surface area contributed by atoms with Crippen molar-refractivity contribution in [2.75, 3.05) is 6.61 Å². The maximum atomic E-state index is 13.1. The Bertz CT molecular complexity index is 1660. The Balaban J connectivity index is 1.23. The van der Waals surface area contributed by atoms with E-state index in [0.29, 0.717) is 40.1 Å². The first-order valence-electron chi connectivity index (χ1n) is 11.3. The fourth-order valence-electron chi connectivity index (χ4n) is 4.29. The second kappa shape index (κ2) is 8.70. The topological polar surface area (TPSA) is 118 Å². The monoisotopic (exact) mass is 481 g/mol. The Morgan fingerprint density at radius 2 is 1.89 bits per heavy atom. The number of carbonyl (C=O) groups excluding carboxylic acids is 2. The minimum Gasteiger partial charge on any atom is -0.467 e. The largest absolute Gasteiger partial charge is 0.467 e. The van der Waals surface area contributed by atoms with Crippen LogP contribution in [-0.4, -0.2) is 34.2 Å². The van der Waals surface area contributed by atoms with E-state index in [1.807, 2.05) is 30.3 Å². The summed E-state index contributed by atoms with van der Waals surface area (Å²) in [7, 11) is 0. The van der Waals surface area contributed by atoms with Crippen LogP contribution in [0.1, 0.15) is 34.5 Å². The SMILES string of the molecule is O=C(OCC(=O)N1N=C(c2cc3ccccc3o2)C[C@@H]1c1ccco1)c1cc(=O)c2ccccc2[nH]1. The predicted molar refractivity (Wildman–Crippen MR) is 131 cm³/mol. The number of benzene rings is 2. The zero-order chi connectivity index (χ0) is 24.6. The third-order valence-corrected chi connectivity index (χ3v) is 6.03. The van der Waals surface area contributed by atoms with E-state index in [0.717, 1.165) is 11.5 Å². The fraction of sp³-hybridized carbons (Fsp3) is 0.111. The number of aromatic amines is 1. The van der Waals surface area contributed by atoms with Crippen LogP contribution in [0.2, 0.25) is 0 Å². The van der Waals surface area contributed by atoms with Crippen LogP contribution in [0.5, 0.6) is 0 Å². The minimum atomic E-state index is -0.818. The molecule has 1 N–H and O–H groups in total. The first kappa shape index (κ1) is 21.6. The fourth-order valence-corrected chi connectivity index (χ4v) is 4.29. The quantitative estimate of drug-likeness (QED) is 0.372. The summed E-state index contributed by atoms with van der Waals surface area (Å²) in [5, 5.41) is 7.12. The lowest BCUT2D eigenvalue weighted by Crippen LogP contribution is -2.31. The van der Waals surface area contributed by atoms with Crippen molar-refractivity contribution in [3.05, 3.63) is 106 Å². The van der Waals surface area contributed by atoms with Crippen LogP contribution in [0.3, 0.4) is 0 Å². The summed E-state index contributed by atoms with van der Waals surface area (Å²) in [5.74, 6) is -0.266. The Kier molecular flexibility index (Phi) is 5.22. The molecule has 6 rings (SSSR count). The number of esters is 1. The van der Waals surface area contributed by atoms with Crippen LogP contribution in [-0.2, 0) is 9.53 Å². The molecule has 0 spiro atoms. The summed E-state index contributed by atoms with van der Waals surface area (Å²) in [6.45, 7) is -0.568. The maximum Gasteiger partial charge on any atom is 0.355 e. The van der Waals surface area contributed by atoms with Crippen molar-refractivity contribution < 1.29 is 23.2 Å². The van der Waals surface area contributed by atoms with Gasteiger partial charge >= 0.3 is 5.97 Å². The summed E-state index contributed by atoms with van der Waals surface area (Å²) >= 11 is 0. The van der Waals surface area contributed by atoms with E-state index in [1.54, 1.807) is 36.4 Å². The highest BCUT2D eigenvalue weighted by molar-refractivity contribution is 6.03. The zero-order valence-electron chi connectivity index (χ0n) is 18.8. The summed E-state index contributed by atoms with van der Waals surface area (Å²) < 4.78 is 16.7. The maximum absolute atomic E-state index is 13.1. The lowest BCUT2D eigenvalue weighted by molar-refractivity contribution is -0.136. The van der Waals surface area contributed by atoms with Crippen LogP contribution in [0, 0.1) is 0 Å². The Morgan fingerprint density at radius 3 is 2.72 bits per heavy atom. The van der Waals surface area contributed by atoms with Crippen LogP contribution in [0.4, 0.5) is 0 Å². The zero-order valence-corrected chi connectivity index (χ0v) is 18.8. The van der Waals surface area contributed by atoms with Gasteiger partial charge < -0.3 is 18.6 Å². The van der Waals surface area contributed by atoms with Gasteiger partial charge in [0.2, 0.25) is 0 Å². The molecule has 9 nitrogen and oxygen atoms in total. The molecule has 0 radical (unpaired) electrons. The average molecular weight is 481 g/mol. The van der Waals surface area contributed by atoms with E-state index in [2.05, 4.69) is 10.1 Å². The highest BCUT2D eigenvalue weighted by Crippen LogP contribution is 2.34. The van der Waals surface area contributed by atoms with E-state index in [-0.39, 0.29) is 11.1 Å². The number of ether oxygens (including phenoxy) is 1. The molecule has 0 bridgehead atoms. The third kappa shape index (κ3) is 3.86. The number of hydrazone groups is 1. The number of amides is 1. The van der Waals surface area contributed by atoms with Gasteiger partial charge in [0.25, 0.3) is 5.91 Å². The molecule has 0 fully saturated rings. The summed E-state index contributed by atoms with van der Waals surface area (Å²) in [6.07, 6.45) is 1.89. The number of aromatic nitrogens is 1. The minimum absolute atomic E-state index is 0.0398. The number of hydrogen-bond acceptors (Lipinski definition) is 7. The standard InChI is InChI=1S/C27H19N3O6/c31-22-14-20(28-18-8-3-2-7-17(18)22)27(33)35-15-26(32)30-21(24-10-5-11-34-24)13-19(29-30)25-12-16-6-1-4-9-23(16)36-25/h1-12,14,21H,13,15H2,(H,28,31)/t21-/m1/s1. The molecular weight excluding hydrogens is 462 g/mol. The Labute approximate surface area is 203 Å². The van der Waals surface area contributed by atoms with Gasteiger partial charge in [0.05, 0.1) is 6.26 Å². The lowest BCUT2D eigenvalue weighted by atomic mass is 10.1. The third-order valence-electron chi connectivity index (χ3n) is 6.03. The molecular formula is C27H19N3O6. The molecule has 1 atom stereocenters. The molecule has 2 aromatic carbocycles. The number of nitrogens with zero attached hydrogens (tertiary/aromatic N) is 2. The van der Waals surface area contributed by atoms with Gasteiger partial charge in [-0.1, -0.05) is 30.3 Å². The van der Waals surface area contributed by atoms with Gasteiger partial charge in [-0.05, 0) is 36.4 Å². The summed E-state index contributed by atoms with van der Waals surface area (Å²) in [5.41, 5.74) is 1.43. The lowest BCUT2D eigenvalue weighted by Gasteiger charge is -2.19. The normalized spacial score (nSPS) is 15.4. The van der Waals surface area contributed by atoms with Crippen LogP contribution in [0.15, 0.2) is 97.8 Å². The van der Waals surface area contributed by atoms with Crippen molar-refractivity contribution in [2.24, 2.45) is 5.10 Å². The first-order valence-corrected chi connectivity index (χ1v) is 11.3. The van der Waals surface area contributed by atoms with Crippen molar-refractivity contribution in [1.29, 1.82) is 0 Å². The Morgan fingerprint density at radius 1 is 1.06 bits per heavy atom. The summed E-state index contributed by atoms with van der Waals surface area (Å²) in [6, 6.07) is 20.4. The number of carbonyl (C=O) groups is 2. The van der Waals surface area contributed by atoms with Crippen LogP contribution >= 0.6 is 0 Å². The average Bonchev–Trinajstić information content (AvgIpc) is 3.66. The number of fused-ring (bicyclic) bond motifs is 2. The van der Waals surface area contributed by atoms with Gasteiger partial charge in [-0.25, -0.2) is 9.80 Å². The van der Waals surface area contributed by atoms with E-state index in [4.69, 9.17) is 13.6 Å². The molecule has 5 aromatic rings. The number of furan rings is 2. The van der Waals surface area contributed by atoms with Crippen molar-refractivity contribution in [2.45, 2.75) is 12.5 Å². The van der Waals surface area contributed by atoms with Gasteiger partial charge in [-0.15, -0.1) is 0 Å². The van der Waals surface area contributed by atoms with Crippen molar-refractivity contribution in [3.63, 3.8) is 0 Å². The second-order valence-electron chi connectivity index (χ2n) is 8.34. The van der Waals surface area contributed by atoms with Crippen molar-refractivity contribution in [3.8, 4) is 0 Å². The van der Waals surface area contributed by atoms with Crippen molar-refractivity contribution >= 4 is 39.5 Å². The number of hydrogen-bond donors (Lipinski definition) is 1. The Hall–Kier alpha value is -4.92. The van der Waals surface area contributed by atoms with E-state index < -0.39 is 24.5 Å². The smallest absolute Gasteiger partial charge is 0.355 e. The molecule has 1 aliphatic heterocycles. The molecule has 3 aromatic heterocycles. The molecule has 0 saturated carbocycles. The predicted octanol–water partition coefficient (Wildman–Crippen LogP) is 4.40. The summed E-state index contributed by atoms with van der Waals surface area (Å²) in [4.78, 5) is 40.9. The van der Waals surface area contributed by atoms with E-state index in [1.165, 1.54) is 11.3 Å². The van der Waals surface area contributed by atoms with E-state index >= 15 is 0 Å². The number of pyridine rings is 1. The van der Waals surface area contributed by atoms with Gasteiger partial charge in [0.1, 0.15) is 28.8 Å². The number of H-pyrrole nitrogens is 1. The van der Waals surface area contributed by atoms with Gasteiger partial charge in [-0.2, -0.15) is 5.10 Å². The highest BCUT2D eigenvalue weighted by atomic mass is 16.5. The van der Waals surface area contributed by atoms with Crippen LogP contribution in [0.25, 0.3) is 21.9 Å².